The lowest BCUT2D eigenvalue weighted by atomic mass is 10.1. The molecule has 1 N–H and O–H groups in total. The molecular formula is C14H13F2NOS. The topological polar surface area (TPSA) is 29.1 Å². The summed E-state index contributed by atoms with van der Waals surface area (Å²) in [7, 11) is 0. The Bertz CT molecular complexity index is 569. The van der Waals surface area contributed by atoms with Gasteiger partial charge in [0.25, 0.3) is 5.91 Å². The second-order valence-corrected chi connectivity index (χ2v) is 5.29. The summed E-state index contributed by atoms with van der Waals surface area (Å²) in [4.78, 5) is 13.0. The first-order valence-electron chi connectivity index (χ1n) is 5.85. The zero-order valence-corrected chi connectivity index (χ0v) is 11.1. The van der Waals surface area contributed by atoms with E-state index >= 15 is 0 Å². The summed E-state index contributed by atoms with van der Waals surface area (Å²) in [5.74, 6) is -2.72. The van der Waals surface area contributed by atoms with Crippen LogP contribution in [0.3, 0.4) is 0 Å². The average Bonchev–Trinajstić information content (AvgIpc) is 2.85. The van der Waals surface area contributed by atoms with Gasteiger partial charge in [-0.2, -0.15) is 0 Å². The third kappa shape index (κ3) is 3.38. The molecule has 1 atom stereocenters. The van der Waals surface area contributed by atoms with Gasteiger partial charge in [-0.05, 0) is 30.5 Å². The standard InChI is InChI=1S/C14H13F2NOS/c1-9(8-10-4-3-7-19-10)17-14(18)11-5-2-6-12(15)13(11)16/h2-7,9H,8H2,1H3,(H,17,18). The molecule has 1 unspecified atom stereocenters. The Kier molecular flexibility index (Phi) is 4.27. The summed E-state index contributed by atoms with van der Waals surface area (Å²) in [6.45, 7) is 1.83. The highest BCUT2D eigenvalue weighted by Crippen LogP contribution is 2.13. The SMILES string of the molecule is CC(Cc1cccs1)NC(=O)c1cccc(F)c1F. The van der Waals surface area contributed by atoms with Gasteiger partial charge in [0.2, 0.25) is 0 Å². The molecule has 0 fully saturated rings. The lowest BCUT2D eigenvalue weighted by Gasteiger charge is -2.13. The summed E-state index contributed by atoms with van der Waals surface area (Å²) < 4.78 is 26.5. The van der Waals surface area contributed by atoms with Crippen LogP contribution >= 0.6 is 11.3 Å². The van der Waals surface area contributed by atoms with Crippen molar-refractivity contribution in [3.05, 3.63) is 57.8 Å². The van der Waals surface area contributed by atoms with Gasteiger partial charge in [0.15, 0.2) is 11.6 Å². The number of hydrogen-bond acceptors (Lipinski definition) is 2. The van der Waals surface area contributed by atoms with Gasteiger partial charge >= 0.3 is 0 Å². The molecule has 2 rings (SSSR count). The van der Waals surface area contributed by atoms with Crippen molar-refractivity contribution in [1.29, 1.82) is 0 Å². The van der Waals surface area contributed by atoms with Gasteiger partial charge in [0, 0.05) is 17.3 Å². The molecule has 5 heteroatoms. The number of nitrogens with one attached hydrogen (secondary N) is 1. The average molecular weight is 281 g/mol. The molecule has 1 amide bonds. The first-order chi connectivity index (χ1) is 9.08. The molecule has 2 aromatic rings. The normalized spacial score (nSPS) is 12.2. The van der Waals surface area contributed by atoms with Gasteiger partial charge in [-0.3, -0.25) is 4.79 Å². The van der Waals surface area contributed by atoms with Crippen LogP contribution in [0, 0.1) is 11.6 Å². The molecule has 2 nitrogen and oxygen atoms in total. The first-order valence-corrected chi connectivity index (χ1v) is 6.73. The molecule has 0 bridgehead atoms. The molecular weight excluding hydrogens is 268 g/mol. The Hall–Kier alpha value is -1.75. The van der Waals surface area contributed by atoms with E-state index in [0.717, 1.165) is 10.9 Å². The molecule has 100 valence electrons. The van der Waals surface area contributed by atoms with Crippen molar-refractivity contribution < 1.29 is 13.6 Å². The quantitative estimate of drug-likeness (QED) is 0.914. The Morgan fingerprint density at radius 3 is 2.79 bits per heavy atom. The summed E-state index contributed by atoms with van der Waals surface area (Å²) in [5.41, 5.74) is -0.266. The Balaban J connectivity index is 2.02. The van der Waals surface area contributed by atoms with Crippen molar-refractivity contribution in [1.82, 2.24) is 5.32 Å². The first kappa shape index (κ1) is 13.7. The van der Waals surface area contributed by atoms with Gasteiger partial charge < -0.3 is 5.32 Å². The number of amides is 1. The summed E-state index contributed by atoms with van der Waals surface area (Å²) in [6.07, 6.45) is 0.667. The Morgan fingerprint density at radius 1 is 1.32 bits per heavy atom. The Morgan fingerprint density at radius 2 is 2.11 bits per heavy atom. The fourth-order valence-electron chi connectivity index (χ4n) is 1.76. The minimum absolute atomic E-state index is 0.145. The van der Waals surface area contributed by atoms with E-state index in [2.05, 4.69) is 5.32 Å². The summed E-state index contributed by atoms with van der Waals surface area (Å²) in [5, 5.41) is 4.62. The summed E-state index contributed by atoms with van der Waals surface area (Å²) in [6, 6.07) is 7.33. The van der Waals surface area contributed by atoms with Crippen LogP contribution in [0.2, 0.25) is 0 Å². The maximum absolute atomic E-state index is 13.4. The van der Waals surface area contributed by atoms with Crippen molar-refractivity contribution in [3.63, 3.8) is 0 Å². The minimum Gasteiger partial charge on any atom is -0.349 e. The van der Waals surface area contributed by atoms with E-state index in [0.29, 0.717) is 6.42 Å². The molecule has 0 radical (unpaired) electrons. The van der Waals surface area contributed by atoms with Crippen molar-refractivity contribution in [2.24, 2.45) is 0 Å². The number of rotatable bonds is 4. The van der Waals surface area contributed by atoms with Gasteiger partial charge in [0.05, 0.1) is 5.56 Å². The number of halogens is 2. The van der Waals surface area contributed by atoms with Gasteiger partial charge in [-0.1, -0.05) is 12.1 Å². The zero-order chi connectivity index (χ0) is 13.8. The molecule has 1 aromatic carbocycles. The smallest absolute Gasteiger partial charge is 0.254 e. The van der Waals surface area contributed by atoms with E-state index in [1.54, 1.807) is 11.3 Å². The number of carbonyl (C=O) groups excluding carboxylic acids is 1. The zero-order valence-electron chi connectivity index (χ0n) is 10.3. The van der Waals surface area contributed by atoms with Crippen molar-refractivity contribution in [2.75, 3.05) is 0 Å². The van der Waals surface area contributed by atoms with Crippen LogP contribution in [0.4, 0.5) is 8.78 Å². The Labute approximate surface area is 114 Å². The van der Waals surface area contributed by atoms with Gasteiger partial charge in [-0.15, -0.1) is 11.3 Å². The molecule has 0 saturated carbocycles. The minimum atomic E-state index is -1.11. The predicted molar refractivity (Wildman–Crippen MR) is 71.3 cm³/mol. The number of thiophene rings is 1. The molecule has 1 aromatic heterocycles. The lowest BCUT2D eigenvalue weighted by molar-refractivity contribution is 0.0935. The van der Waals surface area contributed by atoms with E-state index in [1.807, 2.05) is 24.4 Å². The van der Waals surface area contributed by atoms with Crippen LogP contribution in [0.5, 0.6) is 0 Å². The third-order valence-corrected chi connectivity index (χ3v) is 3.56. The number of benzene rings is 1. The maximum Gasteiger partial charge on any atom is 0.254 e. The van der Waals surface area contributed by atoms with E-state index in [1.165, 1.54) is 12.1 Å². The second-order valence-electron chi connectivity index (χ2n) is 4.26. The van der Waals surface area contributed by atoms with E-state index in [-0.39, 0.29) is 11.6 Å². The van der Waals surface area contributed by atoms with Crippen LogP contribution in [0.15, 0.2) is 35.7 Å². The monoisotopic (exact) mass is 281 g/mol. The highest BCUT2D eigenvalue weighted by Gasteiger charge is 2.16. The third-order valence-electron chi connectivity index (χ3n) is 2.66. The van der Waals surface area contributed by atoms with Crippen LogP contribution < -0.4 is 5.32 Å². The van der Waals surface area contributed by atoms with E-state index in [9.17, 15) is 13.6 Å². The fraction of sp³-hybridized carbons (Fsp3) is 0.214. The number of hydrogen-bond donors (Lipinski definition) is 1. The van der Waals surface area contributed by atoms with Crippen LogP contribution in [-0.4, -0.2) is 11.9 Å². The molecule has 0 aliphatic carbocycles. The number of carbonyl (C=O) groups is 1. The molecule has 1 heterocycles. The summed E-state index contributed by atoms with van der Waals surface area (Å²) >= 11 is 1.59. The van der Waals surface area contributed by atoms with Crippen LogP contribution in [0.25, 0.3) is 0 Å². The van der Waals surface area contributed by atoms with Gasteiger partial charge in [0.1, 0.15) is 0 Å². The highest BCUT2D eigenvalue weighted by molar-refractivity contribution is 7.09. The lowest BCUT2D eigenvalue weighted by Crippen LogP contribution is -2.34. The molecule has 0 aliphatic heterocycles. The maximum atomic E-state index is 13.4. The molecule has 0 spiro atoms. The second kappa shape index (κ2) is 5.93. The van der Waals surface area contributed by atoms with Crippen molar-refractivity contribution in [3.8, 4) is 0 Å². The predicted octanol–water partition coefficient (Wildman–Crippen LogP) is 3.39. The molecule has 0 saturated heterocycles. The van der Waals surface area contributed by atoms with Crippen molar-refractivity contribution >= 4 is 17.2 Å². The highest BCUT2D eigenvalue weighted by atomic mass is 32.1. The molecule has 0 aliphatic rings. The fourth-order valence-corrected chi connectivity index (χ4v) is 2.60. The van der Waals surface area contributed by atoms with E-state index in [4.69, 9.17) is 0 Å². The van der Waals surface area contributed by atoms with Crippen molar-refractivity contribution in [2.45, 2.75) is 19.4 Å². The van der Waals surface area contributed by atoms with Crippen LogP contribution in [0.1, 0.15) is 22.2 Å². The van der Waals surface area contributed by atoms with Gasteiger partial charge in [-0.25, -0.2) is 8.78 Å². The molecule has 19 heavy (non-hydrogen) atoms. The van der Waals surface area contributed by atoms with Crippen LogP contribution in [-0.2, 0) is 6.42 Å². The van der Waals surface area contributed by atoms with E-state index < -0.39 is 17.5 Å². The largest absolute Gasteiger partial charge is 0.349 e.